The molecule has 22 heavy (non-hydrogen) atoms. The fourth-order valence-corrected chi connectivity index (χ4v) is 3.07. The largest absolute Gasteiger partial charge is 0.417 e. The summed E-state index contributed by atoms with van der Waals surface area (Å²) in [4.78, 5) is 20.5. The van der Waals surface area contributed by atoms with Crippen molar-refractivity contribution in [2.45, 2.75) is 19.4 Å². The molecule has 1 aliphatic heterocycles. The van der Waals surface area contributed by atoms with Crippen LogP contribution in [0.2, 0.25) is 0 Å². The number of nitrogens with one attached hydrogen (secondary N) is 2. The number of carbonyl (C=O) groups excluding carboxylic acids is 1. The third-order valence-corrected chi connectivity index (χ3v) is 4.13. The Morgan fingerprint density at radius 1 is 1.50 bits per heavy atom. The Morgan fingerprint density at radius 3 is 3.05 bits per heavy atom. The molecular weight excluding hydrogens is 348 g/mol. The summed E-state index contributed by atoms with van der Waals surface area (Å²) in [5, 5.41) is 7.49. The highest BCUT2D eigenvalue weighted by Gasteiger charge is 2.23. The van der Waals surface area contributed by atoms with E-state index in [1.165, 1.54) is 6.92 Å². The number of rotatable bonds is 2. The molecule has 1 aliphatic rings. The fourth-order valence-electron chi connectivity index (χ4n) is 2.71. The Balaban J connectivity index is 2.02. The van der Waals surface area contributed by atoms with Crippen LogP contribution in [-0.2, 0) is 4.79 Å². The predicted octanol–water partition coefficient (Wildman–Crippen LogP) is 1.99. The molecule has 6 nitrogen and oxygen atoms in total. The van der Waals surface area contributed by atoms with E-state index in [4.69, 9.17) is 4.84 Å². The van der Waals surface area contributed by atoms with Gasteiger partial charge in [-0.25, -0.2) is 0 Å². The number of amides is 1. The summed E-state index contributed by atoms with van der Waals surface area (Å²) in [6.07, 6.45) is 2.87. The number of halogens is 1. The first-order valence-corrected chi connectivity index (χ1v) is 7.82. The number of aliphatic imine (C=N–C) groups is 1. The van der Waals surface area contributed by atoms with Gasteiger partial charge in [-0.05, 0) is 24.6 Å². The number of aromatic nitrogens is 1. The molecule has 0 radical (unpaired) electrons. The number of nitrogens with zero attached hydrogens (tertiary/aromatic N) is 2. The van der Waals surface area contributed by atoms with Crippen LogP contribution in [0.5, 0.6) is 0 Å². The van der Waals surface area contributed by atoms with Gasteiger partial charge in [0.2, 0.25) is 5.91 Å². The van der Waals surface area contributed by atoms with Crippen molar-refractivity contribution in [1.82, 2.24) is 15.4 Å². The molecule has 0 aliphatic carbocycles. The van der Waals surface area contributed by atoms with E-state index in [2.05, 4.69) is 37.6 Å². The zero-order valence-corrected chi connectivity index (χ0v) is 14.0. The molecule has 3 rings (SSSR count). The summed E-state index contributed by atoms with van der Waals surface area (Å²) in [6.45, 7) is 2.20. The molecule has 1 aromatic carbocycles. The molecule has 2 aromatic rings. The molecule has 116 valence electrons. The van der Waals surface area contributed by atoms with Crippen molar-refractivity contribution >= 4 is 38.7 Å². The molecule has 1 fully saturated rings. The SMILES string of the molecule is COn1cc(C2CCNC(=NC(C)=O)N2)c2cc(Br)ccc21. The van der Waals surface area contributed by atoms with E-state index in [1.54, 1.807) is 11.8 Å². The zero-order chi connectivity index (χ0) is 15.7. The molecule has 0 spiro atoms. The summed E-state index contributed by atoms with van der Waals surface area (Å²) < 4.78 is 2.77. The average molecular weight is 365 g/mol. The van der Waals surface area contributed by atoms with E-state index in [0.29, 0.717) is 5.96 Å². The Labute approximate surface area is 136 Å². The van der Waals surface area contributed by atoms with Gasteiger partial charge in [0.15, 0.2) is 5.96 Å². The minimum atomic E-state index is -0.224. The molecular formula is C15H17BrN4O2. The lowest BCUT2D eigenvalue weighted by Gasteiger charge is -2.26. The highest BCUT2D eigenvalue weighted by Crippen LogP contribution is 2.30. The monoisotopic (exact) mass is 364 g/mol. The maximum atomic E-state index is 11.2. The first-order valence-electron chi connectivity index (χ1n) is 7.03. The summed E-state index contributed by atoms with van der Waals surface area (Å²) in [5.74, 6) is 0.301. The van der Waals surface area contributed by atoms with Crippen LogP contribution in [0.15, 0.2) is 33.9 Å². The summed E-state index contributed by atoms with van der Waals surface area (Å²) in [6, 6.07) is 6.15. The second-order valence-electron chi connectivity index (χ2n) is 5.15. The summed E-state index contributed by atoms with van der Waals surface area (Å²) >= 11 is 3.52. The van der Waals surface area contributed by atoms with Gasteiger partial charge in [-0.3, -0.25) is 4.79 Å². The van der Waals surface area contributed by atoms with Gasteiger partial charge in [-0.2, -0.15) is 9.72 Å². The first kappa shape index (κ1) is 14.9. The van der Waals surface area contributed by atoms with Crippen molar-refractivity contribution < 1.29 is 9.63 Å². The number of hydrogen-bond donors (Lipinski definition) is 2. The third-order valence-electron chi connectivity index (χ3n) is 3.64. The van der Waals surface area contributed by atoms with E-state index in [0.717, 1.165) is 33.9 Å². The van der Waals surface area contributed by atoms with Crippen molar-refractivity contribution in [3.05, 3.63) is 34.4 Å². The maximum Gasteiger partial charge on any atom is 0.245 e. The normalized spacial score (nSPS) is 19.8. The van der Waals surface area contributed by atoms with Gasteiger partial charge in [-0.1, -0.05) is 15.9 Å². The Bertz CT molecular complexity index is 753. The number of hydrogen-bond acceptors (Lipinski definition) is 2. The molecule has 1 amide bonds. The second kappa shape index (κ2) is 6.00. The number of fused-ring (bicyclic) bond motifs is 1. The van der Waals surface area contributed by atoms with E-state index < -0.39 is 0 Å². The molecule has 1 saturated heterocycles. The first-order chi connectivity index (χ1) is 10.6. The Kier molecular flexibility index (Phi) is 4.06. The van der Waals surface area contributed by atoms with Crippen LogP contribution < -0.4 is 15.5 Å². The third kappa shape index (κ3) is 2.81. The van der Waals surface area contributed by atoms with Crippen LogP contribution in [-0.4, -0.2) is 30.3 Å². The van der Waals surface area contributed by atoms with Gasteiger partial charge in [0.05, 0.1) is 17.8 Å². The van der Waals surface area contributed by atoms with Crippen molar-refractivity contribution in [3.8, 4) is 0 Å². The van der Waals surface area contributed by atoms with Gasteiger partial charge in [0, 0.05) is 28.9 Å². The molecule has 2 N–H and O–H groups in total. The van der Waals surface area contributed by atoms with Crippen LogP contribution >= 0.6 is 15.9 Å². The number of guanidine groups is 1. The molecule has 7 heteroatoms. The van der Waals surface area contributed by atoms with Crippen molar-refractivity contribution in [2.24, 2.45) is 4.99 Å². The topological polar surface area (TPSA) is 67.6 Å². The summed E-state index contributed by atoms with van der Waals surface area (Å²) in [7, 11) is 1.64. The molecule has 1 aromatic heterocycles. The van der Waals surface area contributed by atoms with Crippen LogP contribution in [0.25, 0.3) is 10.9 Å². The van der Waals surface area contributed by atoms with Crippen LogP contribution in [0.3, 0.4) is 0 Å². The van der Waals surface area contributed by atoms with Crippen molar-refractivity contribution in [1.29, 1.82) is 0 Å². The fraction of sp³-hybridized carbons (Fsp3) is 0.333. The van der Waals surface area contributed by atoms with Gasteiger partial charge in [0.25, 0.3) is 0 Å². The van der Waals surface area contributed by atoms with Crippen LogP contribution in [0, 0.1) is 0 Å². The highest BCUT2D eigenvalue weighted by atomic mass is 79.9. The van der Waals surface area contributed by atoms with Gasteiger partial charge >= 0.3 is 0 Å². The molecule has 1 unspecified atom stereocenters. The van der Waals surface area contributed by atoms with E-state index >= 15 is 0 Å². The van der Waals surface area contributed by atoms with Crippen LogP contribution in [0.1, 0.15) is 24.9 Å². The minimum Gasteiger partial charge on any atom is -0.417 e. The Hall–Kier alpha value is -2.02. The standard InChI is InChI=1S/C15H17BrN4O2/c1-9(21)18-15-17-6-5-13(19-15)12-8-20(22-2)14-4-3-10(16)7-11(12)14/h3-4,7-8,13H,5-6H2,1-2H3,(H2,17,18,19,21). The molecule has 0 bridgehead atoms. The van der Waals surface area contributed by atoms with Gasteiger partial charge < -0.3 is 15.5 Å². The molecule has 1 atom stereocenters. The Morgan fingerprint density at radius 2 is 2.32 bits per heavy atom. The molecule has 2 heterocycles. The van der Waals surface area contributed by atoms with Crippen molar-refractivity contribution in [2.75, 3.05) is 13.7 Å². The van der Waals surface area contributed by atoms with Crippen molar-refractivity contribution in [3.63, 3.8) is 0 Å². The quantitative estimate of drug-likeness (QED) is 0.854. The maximum absolute atomic E-state index is 11.2. The predicted molar refractivity (Wildman–Crippen MR) is 88.8 cm³/mol. The lowest BCUT2D eigenvalue weighted by atomic mass is 10.0. The van der Waals surface area contributed by atoms with E-state index in [1.807, 2.05) is 18.3 Å². The minimum absolute atomic E-state index is 0.0764. The van der Waals surface area contributed by atoms with E-state index in [-0.39, 0.29) is 11.9 Å². The molecule has 0 saturated carbocycles. The second-order valence-corrected chi connectivity index (χ2v) is 6.06. The van der Waals surface area contributed by atoms with E-state index in [9.17, 15) is 4.79 Å². The number of benzene rings is 1. The van der Waals surface area contributed by atoms with Gasteiger partial charge in [-0.15, -0.1) is 0 Å². The van der Waals surface area contributed by atoms with Crippen LogP contribution in [0.4, 0.5) is 0 Å². The highest BCUT2D eigenvalue weighted by molar-refractivity contribution is 9.10. The van der Waals surface area contributed by atoms with Gasteiger partial charge in [0.1, 0.15) is 7.11 Å². The lowest BCUT2D eigenvalue weighted by molar-refractivity contribution is -0.115. The average Bonchev–Trinajstić information content (AvgIpc) is 2.84. The summed E-state index contributed by atoms with van der Waals surface area (Å²) in [5.41, 5.74) is 2.13. The smallest absolute Gasteiger partial charge is 0.245 e. The zero-order valence-electron chi connectivity index (χ0n) is 12.4. The lowest BCUT2D eigenvalue weighted by Crippen LogP contribution is -2.46. The number of carbonyl (C=O) groups is 1.